The number of carbonyl (C=O) groups is 2. The van der Waals surface area contributed by atoms with Crippen LogP contribution in [0.15, 0.2) is 12.1 Å². The number of β-amino-alcohol motifs (C(OH)–C–C–N with tert-alkyl or cyclic N) is 1. The number of rotatable bonds is 3. The summed E-state index contributed by atoms with van der Waals surface area (Å²) in [5.74, 6) is -2.14. The lowest BCUT2D eigenvalue weighted by Gasteiger charge is -2.19. The third-order valence-electron chi connectivity index (χ3n) is 2.73. The fraction of sp³-hybridized carbons (Fsp3) is 0.333. The van der Waals surface area contributed by atoms with Crippen LogP contribution in [0.2, 0.25) is 0 Å². The van der Waals surface area contributed by atoms with Crippen molar-refractivity contribution in [1.29, 1.82) is 0 Å². The van der Waals surface area contributed by atoms with Gasteiger partial charge in [0.15, 0.2) is 0 Å². The lowest BCUT2D eigenvalue weighted by molar-refractivity contribution is -0.114. The Morgan fingerprint density at radius 2 is 2.11 bits per heavy atom. The van der Waals surface area contributed by atoms with Gasteiger partial charge in [0.2, 0.25) is 0 Å². The van der Waals surface area contributed by atoms with Crippen molar-refractivity contribution in [3.05, 3.63) is 29.1 Å². The first kappa shape index (κ1) is 13.2. The number of hydrogen-bond acceptors (Lipinski definition) is 3. The summed E-state index contributed by atoms with van der Waals surface area (Å²) in [6.45, 7) is 1.54. The first-order valence-corrected chi connectivity index (χ1v) is 6.48. The Balaban J connectivity index is 2.48. The molecule has 96 valence electrons. The Labute approximate surface area is 112 Å². The molecule has 0 fully saturated rings. The molecule has 0 saturated carbocycles. The number of aryl methyl sites for hydroxylation is 1. The molecule has 18 heavy (non-hydrogen) atoms. The van der Waals surface area contributed by atoms with Crippen LogP contribution in [0, 0.1) is 12.7 Å². The number of Topliss-reactive ketones (excluding diaryl/α,β-unsaturated/α-hetero) is 1. The van der Waals surface area contributed by atoms with Gasteiger partial charge < -0.3 is 5.11 Å². The molecule has 1 aromatic rings. The highest BCUT2D eigenvalue weighted by Gasteiger charge is 2.38. The molecule has 1 N–H and O–H groups in total. The van der Waals surface area contributed by atoms with Gasteiger partial charge in [0.05, 0.1) is 23.9 Å². The monoisotopic (exact) mass is 315 g/mol. The van der Waals surface area contributed by atoms with Gasteiger partial charge in [-0.05, 0) is 24.6 Å². The maximum atomic E-state index is 13.9. The molecule has 0 aliphatic carbocycles. The number of carbonyl (C=O) groups excluding carboxylic acids is 2. The van der Waals surface area contributed by atoms with Crippen LogP contribution in [0.25, 0.3) is 0 Å². The van der Waals surface area contributed by atoms with E-state index in [0.29, 0.717) is 5.56 Å². The number of aliphatic hydroxyl groups is 1. The van der Waals surface area contributed by atoms with Crippen LogP contribution in [0.5, 0.6) is 0 Å². The highest BCUT2D eigenvalue weighted by Crippen LogP contribution is 2.32. The molecule has 1 unspecified atom stereocenters. The summed E-state index contributed by atoms with van der Waals surface area (Å²) >= 11 is 3.06. The standard InChI is InChI=1S/C12H11BrFNO3/c1-6-2-8-10(9(14)3-6)15(5-7(16)4-13)12(18)11(8)17/h2-3,7,16H,4-5H2,1H3. The molecule has 1 amide bonds. The van der Waals surface area contributed by atoms with Crippen molar-refractivity contribution in [2.75, 3.05) is 16.8 Å². The summed E-state index contributed by atoms with van der Waals surface area (Å²) in [6, 6.07) is 2.75. The fourth-order valence-electron chi connectivity index (χ4n) is 1.96. The van der Waals surface area contributed by atoms with Crippen molar-refractivity contribution >= 4 is 33.3 Å². The number of alkyl halides is 1. The van der Waals surface area contributed by atoms with Crippen molar-refractivity contribution in [3.63, 3.8) is 0 Å². The fourth-order valence-corrected chi connectivity index (χ4v) is 2.16. The number of fused-ring (bicyclic) bond motifs is 1. The molecule has 0 aromatic heterocycles. The lowest BCUT2D eigenvalue weighted by atomic mass is 10.1. The normalized spacial score (nSPS) is 16.1. The largest absolute Gasteiger partial charge is 0.390 e. The maximum Gasteiger partial charge on any atom is 0.299 e. The van der Waals surface area contributed by atoms with E-state index >= 15 is 0 Å². The summed E-state index contributed by atoms with van der Waals surface area (Å²) in [7, 11) is 0. The molecule has 1 aromatic carbocycles. The summed E-state index contributed by atoms with van der Waals surface area (Å²) in [5.41, 5.74) is 0.616. The van der Waals surface area contributed by atoms with Gasteiger partial charge in [-0.1, -0.05) is 15.9 Å². The smallest absolute Gasteiger partial charge is 0.299 e. The van der Waals surface area contributed by atoms with Crippen molar-refractivity contribution < 1.29 is 19.1 Å². The Morgan fingerprint density at radius 1 is 1.44 bits per heavy atom. The number of hydrogen-bond donors (Lipinski definition) is 1. The van der Waals surface area contributed by atoms with Gasteiger partial charge in [0.25, 0.3) is 11.7 Å². The van der Waals surface area contributed by atoms with E-state index in [4.69, 9.17) is 0 Å². The van der Waals surface area contributed by atoms with Crippen LogP contribution in [0.1, 0.15) is 15.9 Å². The SMILES string of the molecule is Cc1cc(F)c2c(c1)C(=O)C(=O)N2CC(O)CBr. The summed E-state index contributed by atoms with van der Waals surface area (Å²) in [4.78, 5) is 24.5. The van der Waals surface area contributed by atoms with Gasteiger partial charge in [-0.2, -0.15) is 0 Å². The zero-order valence-electron chi connectivity index (χ0n) is 9.61. The van der Waals surface area contributed by atoms with Crippen molar-refractivity contribution in [2.24, 2.45) is 0 Å². The van der Waals surface area contributed by atoms with E-state index in [2.05, 4.69) is 15.9 Å². The highest BCUT2D eigenvalue weighted by atomic mass is 79.9. The van der Waals surface area contributed by atoms with Gasteiger partial charge >= 0.3 is 0 Å². The van der Waals surface area contributed by atoms with Crippen LogP contribution in [-0.4, -0.2) is 34.8 Å². The van der Waals surface area contributed by atoms with Crippen molar-refractivity contribution in [3.8, 4) is 0 Å². The molecule has 6 heteroatoms. The van der Waals surface area contributed by atoms with Gasteiger partial charge in [0, 0.05) is 5.33 Å². The molecule has 4 nitrogen and oxygen atoms in total. The summed E-state index contributed by atoms with van der Waals surface area (Å²) < 4.78 is 13.9. The number of amides is 1. The predicted molar refractivity (Wildman–Crippen MR) is 67.6 cm³/mol. The number of benzene rings is 1. The molecular formula is C12H11BrFNO3. The molecule has 0 spiro atoms. The summed E-state index contributed by atoms with van der Waals surface area (Å²) in [5, 5.41) is 9.76. The Morgan fingerprint density at radius 3 is 2.72 bits per heavy atom. The minimum atomic E-state index is -0.853. The minimum Gasteiger partial charge on any atom is -0.390 e. The van der Waals surface area contributed by atoms with Gasteiger partial charge in [-0.15, -0.1) is 0 Å². The molecule has 2 rings (SSSR count). The molecule has 0 radical (unpaired) electrons. The Hall–Kier alpha value is -1.27. The molecular weight excluding hydrogens is 305 g/mol. The van der Waals surface area contributed by atoms with E-state index < -0.39 is 23.6 Å². The van der Waals surface area contributed by atoms with Crippen LogP contribution in [0.3, 0.4) is 0 Å². The lowest BCUT2D eigenvalue weighted by Crippen LogP contribution is -2.37. The number of nitrogens with zero attached hydrogens (tertiary/aromatic N) is 1. The van der Waals surface area contributed by atoms with E-state index in [1.165, 1.54) is 12.1 Å². The average Bonchev–Trinajstić information content (AvgIpc) is 2.54. The van der Waals surface area contributed by atoms with E-state index in [1.807, 2.05) is 0 Å². The zero-order chi connectivity index (χ0) is 13.4. The Bertz CT molecular complexity index is 532. The maximum absolute atomic E-state index is 13.9. The second kappa shape index (κ2) is 4.78. The zero-order valence-corrected chi connectivity index (χ0v) is 11.2. The highest BCUT2D eigenvalue weighted by molar-refractivity contribution is 9.09. The van der Waals surface area contributed by atoms with E-state index in [9.17, 15) is 19.1 Å². The Kier molecular flexibility index (Phi) is 3.49. The minimum absolute atomic E-state index is 0.0319. The average molecular weight is 316 g/mol. The molecule has 0 saturated heterocycles. The van der Waals surface area contributed by atoms with Crippen molar-refractivity contribution in [1.82, 2.24) is 0 Å². The first-order chi connectivity index (χ1) is 8.45. The van der Waals surface area contributed by atoms with Crippen LogP contribution < -0.4 is 4.90 Å². The van der Waals surface area contributed by atoms with Crippen molar-refractivity contribution in [2.45, 2.75) is 13.0 Å². The van der Waals surface area contributed by atoms with E-state index in [-0.39, 0.29) is 23.1 Å². The number of halogens is 2. The molecule has 1 aliphatic rings. The van der Waals surface area contributed by atoms with E-state index in [0.717, 1.165) is 4.90 Å². The van der Waals surface area contributed by atoms with Gasteiger partial charge in [0.1, 0.15) is 5.82 Å². The van der Waals surface area contributed by atoms with Gasteiger partial charge in [-0.25, -0.2) is 4.39 Å². The quantitative estimate of drug-likeness (QED) is 0.678. The first-order valence-electron chi connectivity index (χ1n) is 5.36. The topological polar surface area (TPSA) is 57.6 Å². The summed E-state index contributed by atoms with van der Waals surface area (Å²) in [6.07, 6.45) is -0.853. The molecule has 1 heterocycles. The molecule has 1 aliphatic heterocycles. The number of anilines is 1. The van der Waals surface area contributed by atoms with Crippen LogP contribution in [0.4, 0.5) is 10.1 Å². The molecule has 1 atom stereocenters. The number of aliphatic hydroxyl groups excluding tert-OH is 1. The second-order valence-corrected chi connectivity index (χ2v) is 4.84. The third kappa shape index (κ3) is 2.06. The van der Waals surface area contributed by atoms with Crippen LogP contribution in [-0.2, 0) is 4.79 Å². The van der Waals surface area contributed by atoms with E-state index in [1.54, 1.807) is 6.92 Å². The third-order valence-corrected chi connectivity index (χ3v) is 3.48. The second-order valence-electron chi connectivity index (χ2n) is 4.20. The van der Waals surface area contributed by atoms with Crippen LogP contribution >= 0.6 is 15.9 Å². The molecule has 0 bridgehead atoms. The number of ketones is 1. The van der Waals surface area contributed by atoms with Gasteiger partial charge in [-0.3, -0.25) is 14.5 Å². The predicted octanol–water partition coefficient (Wildman–Crippen LogP) is 1.42.